The highest BCUT2D eigenvalue weighted by Gasteiger charge is 2.07. The minimum absolute atomic E-state index is 0.479. The molecule has 0 radical (unpaired) electrons. The molecule has 32 heavy (non-hydrogen) atoms. The molecule has 0 saturated carbocycles. The van der Waals surface area contributed by atoms with E-state index in [-0.39, 0.29) is 0 Å². The molecule has 162 valence electrons. The first kappa shape index (κ1) is 21.4. The maximum atomic E-state index is 5.90. The van der Waals surface area contributed by atoms with E-state index in [1.165, 1.54) is 11.3 Å². The fourth-order valence-corrected chi connectivity index (χ4v) is 3.67. The van der Waals surface area contributed by atoms with E-state index in [2.05, 4.69) is 15.5 Å². The van der Waals surface area contributed by atoms with Crippen molar-refractivity contribution in [2.45, 2.75) is 6.61 Å². The average molecular weight is 446 g/mol. The normalized spacial score (nSPS) is 10.8. The fraction of sp³-hybridized carbons (Fsp3) is 0.120. The largest absolute Gasteiger partial charge is 0.497 e. The summed E-state index contributed by atoms with van der Waals surface area (Å²) in [5.74, 6) is 2.16. The molecule has 0 spiro atoms. The number of methoxy groups -OCH3 is 2. The minimum atomic E-state index is 0.479. The molecule has 0 aliphatic rings. The van der Waals surface area contributed by atoms with Gasteiger partial charge in [-0.05, 0) is 53.6 Å². The molecule has 0 aliphatic heterocycles. The second-order valence-corrected chi connectivity index (χ2v) is 7.68. The molecular formula is C25H23N3O3S. The number of ether oxygens (including phenoxy) is 3. The first-order valence-electron chi connectivity index (χ1n) is 9.99. The smallest absolute Gasteiger partial charge is 0.203 e. The van der Waals surface area contributed by atoms with Crippen LogP contribution in [0.2, 0.25) is 0 Å². The van der Waals surface area contributed by atoms with Crippen molar-refractivity contribution >= 4 is 22.7 Å². The molecule has 0 unspecified atom stereocenters. The van der Waals surface area contributed by atoms with Crippen LogP contribution in [0.4, 0.5) is 5.13 Å². The van der Waals surface area contributed by atoms with Crippen LogP contribution in [0, 0.1) is 0 Å². The Balaban J connectivity index is 1.37. The Labute approximate surface area is 191 Å². The number of benzene rings is 3. The number of hydrogen-bond donors (Lipinski definition) is 1. The van der Waals surface area contributed by atoms with E-state index in [0.29, 0.717) is 23.2 Å². The van der Waals surface area contributed by atoms with Crippen LogP contribution >= 0.6 is 11.3 Å². The van der Waals surface area contributed by atoms with Gasteiger partial charge < -0.3 is 14.2 Å². The summed E-state index contributed by atoms with van der Waals surface area (Å²) in [4.78, 5) is 4.58. The van der Waals surface area contributed by atoms with Gasteiger partial charge in [-0.3, -0.25) is 5.43 Å². The van der Waals surface area contributed by atoms with Crippen molar-refractivity contribution in [2.75, 3.05) is 19.6 Å². The summed E-state index contributed by atoms with van der Waals surface area (Å²) in [6.45, 7) is 0.479. The summed E-state index contributed by atoms with van der Waals surface area (Å²) < 4.78 is 16.6. The monoisotopic (exact) mass is 445 g/mol. The van der Waals surface area contributed by atoms with Gasteiger partial charge in [0.15, 0.2) is 11.5 Å². The van der Waals surface area contributed by atoms with E-state index in [4.69, 9.17) is 14.2 Å². The van der Waals surface area contributed by atoms with Gasteiger partial charge in [0.1, 0.15) is 12.4 Å². The predicted molar refractivity (Wildman–Crippen MR) is 129 cm³/mol. The third-order valence-corrected chi connectivity index (χ3v) is 5.44. The maximum absolute atomic E-state index is 5.90. The van der Waals surface area contributed by atoms with Gasteiger partial charge >= 0.3 is 0 Å². The van der Waals surface area contributed by atoms with Crippen LogP contribution in [0.15, 0.2) is 83.3 Å². The highest BCUT2D eigenvalue weighted by molar-refractivity contribution is 7.14. The lowest BCUT2D eigenvalue weighted by Crippen LogP contribution is -1.98. The Morgan fingerprint density at radius 1 is 0.938 bits per heavy atom. The van der Waals surface area contributed by atoms with Gasteiger partial charge in [-0.25, -0.2) is 4.98 Å². The van der Waals surface area contributed by atoms with Crippen LogP contribution in [-0.2, 0) is 6.61 Å². The topological polar surface area (TPSA) is 65.0 Å². The van der Waals surface area contributed by atoms with Crippen LogP contribution < -0.4 is 19.6 Å². The van der Waals surface area contributed by atoms with Crippen LogP contribution in [0.25, 0.3) is 11.3 Å². The number of thiazole rings is 1. The van der Waals surface area contributed by atoms with E-state index in [1.54, 1.807) is 20.4 Å². The van der Waals surface area contributed by atoms with Gasteiger partial charge in [0.25, 0.3) is 0 Å². The summed E-state index contributed by atoms with van der Waals surface area (Å²) in [5, 5.41) is 7.00. The second kappa shape index (κ2) is 10.5. The van der Waals surface area contributed by atoms with E-state index in [9.17, 15) is 0 Å². The standard InChI is InChI=1S/C25H23N3O3S/c1-29-21-11-9-20(10-12-21)22-17-32-25(27-22)28-26-15-19-8-13-23(24(14-19)30-2)31-16-18-6-4-3-5-7-18/h3-15,17H,16H2,1-2H3,(H,27,28)/b26-15-. The second-order valence-electron chi connectivity index (χ2n) is 6.82. The van der Waals surface area contributed by atoms with Crippen LogP contribution in [-0.4, -0.2) is 25.4 Å². The quantitative estimate of drug-likeness (QED) is 0.258. The number of aromatic nitrogens is 1. The Morgan fingerprint density at radius 2 is 1.75 bits per heavy atom. The minimum Gasteiger partial charge on any atom is -0.497 e. The lowest BCUT2D eigenvalue weighted by Gasteiger charge is -2.11. The van der Waals surface area contributed by atoms with Crippen LogP contribution in [0.5, 0.6) is 17.2 Å². The van der Waals surface area contributed by atoms with Crippen molar-refractivity contribution in [1.29, 1.82) is 0 Å². The molecule has 4 aromatic rings. The number of anilines is 1. The van der Waals surface area contributed by atoms with Crippen LogP contribution in [0.3, 0.4) is 0 Å². The summed E-state index contributed by atoms with van der Waals surface area (Å²) in [7, 11) is 3.28. The maximum Gasteiger partial charge on any atom is 0.203 e. The molecule has 0 aliphatic carbocycles. The lowest BCUT2D eigenvalue weighted by atomic mass is 10.2. The Bertz CT molecular complexity index is 1170. The molecule has 4 rings (SSSR count). The predicted octanol–water partition coefficient (Wildman–Crippen LogP) is 5.85. The molecule has 0 bridgehead atoms. The van der Waals surface area contributed by atoms with Crippen molar-refractivity contribution in [1.82, 2.24) is 4.98 Å². The first-order valence-corrected chi connectivity index (χ1v) is 10.9. The summed E-state index contributed by atoms with van der Waals surface area (Å²) in [6, 6.07) is 23.5. The third kappa shape index (κ3) is 5.44. The molecule has 0 atom stereocenters. The van der Waals surface area contributed by atoms with Crippen LogP contribution in [0.1, 0.15) is 11.1 Å². The first-order chi connectivity index (χ1) is 15.7. The van der Waals surface area contributed by atoms with Gasteiger partial charge in [-0.1, -0.05) is 30.3 Å². The molecule has 3 aromatic carbocycles. The number of hydrazone groups is 1. The van der Waals surface area contributed by atoms with Gasteiger partial charge in [-0.15, -0.1) is 11.3 Å². The van der Waals surface area contributed by atoms with E-state index in [1.807, 2.05) is 78.2 Å². The molecule has 0 fully saturated rings. The Kier molecular flexibility index (Phi) is 6.99. The molecular weight excluding hydrogens is 422 g/mol. The SMILES string of the molecule is COc1ccc(-c2csc(N/N=C\c3ccc(OCc4ccccc4)c(OC)c3)n2)cc1. The molecule has 0 amide bonds. The fourth-order valence-electron chi connectivity index (χ4n) is 3.00. The molecule has 1 heterocycles. The Morgan fingerprint density at radius 3 is 2.50 bits per heavy atom. The van der Waals surface area contributed by atoms with Crippen molar-refractivity contribution in [3.05, 3.63) is 89.3 Å². The average Bonchev–Trinajstić information content (AvgIpc) is 3.32. The van der Waals surface area contributed by atoms with Crippen molar-refractivity contribution in [2.24, 2.45) is 5.10 Å². The summed E-state index contributed by atoms with van der Waals surface area (Å²) in [5.41, 5.74) is 6.88. The highest BCUT2D eigenvalue weighted by atomic mass is 32.1. The molecule has 6 nitrogen and oxygen atoms in total. The molecule has 7 heteroatoms. The zero-order valence-corrected chi connectivity index (χ0v) is 18.6. The van der Waals surface area contributed by atoms with Crippen molar-refractivity contribution in [3.63, 3.8) is 0 Å². The van der Waals surface area contributed by atoms with Gasteiger partial charge in [0.05, 0.1) is 26.1 Å². The Hall–Kier alpha value is -3.84. The molecule has 0 saturated heterocycles. The van der Waals surface area contributed by atoms with Gasteiger partial charge in [0, 0.05) is 10.9 Å². The number of nitrogens with one attached hydrogen (secondary N) is 1. The van der Waals surface area contributed by atoms with Crippen molar-refractivity contribution in [3.8, 4) is 28.5 Å². The van der Waals surface area contributed by atoms with E-state index in [0.717, 1.165) is 28.1 Å². The third-order valence-electron chi connectivity index (χ3n) is 4.69. The summed E-state index contributed by atoms with van der Waals surface area (Å²) in [6.07, 6.45) is 1.72. The highest BCUT2D eigenvalue weighted by Crippen LogP contribution is 2.29. The van der Waals surface area contributed by atoms with Gasteiger partial charge in [0.2, 0.25) is 5.13 Å². The molecule has 1 aromatic heterocycles. The van der Waals surface area contributed by atoms with Crippen molar-refractivity contribution < 1.29 is 14.2 Å². The lowest BCUT2D eigenvalue weighted by molar-refractivity contribution is 0.284. The number of nitrogens with zero attached hydrogens (tertiary/aromatic N) is 2. The molecule has 1 N–H and O–H groups in total. The number of hydrogen-bond acceptors (Lipinski definition) is 7. The number of rotatable bonds is 9. The summed E-state index contributed by atoms with van der Waals surface area (Å²) >= 11 is 1.49. The zero-order chi connectivity index (χ0) is 22.2. The van der Waals surface area contributed by atoms with E-state index >= 15 is 0 Å². The van der Waals surface area contributed by atoms with Gasteiger partial charge in [-0.2, -0.15) is 5.10 Å². The zero-order valence-electron chi connectivity index (χ0n) is 17.8. The van der Waals surface area contributed by atoms with E-state index < -0.39 is 0 Å².